The van der Waals surface area contributed by atoms with E-state index in [0.29, 0.717) is 24.1 Å². The van der Waals surface area contributed by atoms with E-state index in [4.69, 9.17) is 9.47 Å². The van der Waals surface area contributed by atoms with Gasteiger partial charge in [-0.1, -0.05) is 18.3 Å². The van der Waals surface area contributed by atoms with Crippen LogP contribution in [0.15, 0.2) is 18.2 Å². The monoisotopic (exact) mass is 400 g/mol. The predicted molar refractivity (Wildman–Crippen MR) is 116 cm³/mol. The summed E-state index contributed by atoms with van der Waals surface area (Å²) in [6, 6.07) is 6.32. The van der Waals surface area contributed by atoms with E-state index in [1.807, 2.05) is 18.2 Å². The SMILES string of the molecule is COc1cc(C#CC(C)(C)C)cc(OCC(O)CN2CC(N3CCCCC3)C2)c1. The first kappa shape index (κ1) is 22.0. The van der Waals surface area contributed by atoms with Crippen LogP contribution in [-0.2, 0) is 0 Å². The minimum atomic E-state index is -0.507. The Hall–Kier alpha value is -1.74. The van der Waals surface area contributed by atoms with Gasteiger partial charge in [0.05, 0.1) is 7.11 Å². The van der Waals surface area contributed by atoms with Crippen molar-refractivity contribution in [2.24, 2.45) is 5.41 Å². The summed E-state index contributed by atoms with van der Waals surface area (Å²) in [4.78, 5) is 4.93. The third kappa shape index (κ3) is 6.92. The van der Waals surface area contributed by atoms with Gasteiger partial charge < -0.3 is 14.6 Å². The third-order valence-corrected chi connectivity index (χ3v) is 5.45. The summed E-state index contributed by atoms with van der Waals surface area (Å²) in [5.41, 5.74) is 0.791. The summed E-state index contributed by atoms with van der Waals surface area (Å²) in [5, 5.41) is 10.4. The molecule has 0 bridgehead atoms. The second-order valence-electron chi connectivity index (χ2n) is 9.33. The minimum Gasteiger partial charge on any atom is -0.497 e. The van der Waals surface area contributed by atoms with Crippen molar-refractivity contribution in [1.82, 2.24) is 9.80 Å². The number of aliphatic hydroxyl groups excluding tert-OH is 1. The van der Waals surface area contributed by atoms with Gasteiger partial charge in [0.1, 0.15) is 24.2 Å². The maximum absolute atomic E-state index is 10.4. The van der Waals surface area contributed by atoms with E-state index < -0.39 is 6.10 Å². The molecule has 160 valence electrons. The van der Waals surface area contributed by atoms with Gasteiger partial charge in [-0.05, 0) is 58.8 Å². The Morgan fingerprint density at radius 3 is 2.45 bits per heavy atom. The molecule has 0 saturated carbocycles. The molecule has 3 rings (SSSR count). The second-order valence-corrected chi connectivity index (χ2v) is 9.33. The zero-order valence-corrected chi connectivity index (χ0v) is 18.4. The van der Waals surface area contributed by atoms with Crippen LogP contribution in [0.5, 0.6) is 11.5 Å². The van der Waals surface area contributed by atoms with Crippen molar-refractivity contribution in [1.29, 1.82) is 0 Å². The zero-order chi connectivity index (χ0) is 20.9. The first-order valence-electron chi connectivity index (χ1n) is 10.8. The molecule has 2 aliphatic heterocycles. The number of piperidine rings is 1. The topological polar surface area (TPSA) is 45.2 Å². The predicted octanol–water partition coefficient (Wildman–Crippen LogP) is 3.00. The Morgan fingerprint density at radius 2 is 1.79 bits per heavy atom. The molecule has 1 aromatic rings. The number of methoxy groups -OCH3 is 1. The highest BCUT2D eigenvalue weighted by molar-refractivity contribution is 5.46. The number of ether oxygens (including phenoxy) is 2. The number of hydrogen-bond donors (Lipinski definition) is 1. The van der Waals surface area contributed by atoms with Crippen LogP contribution in [0.1, 0.15) is 45.6 Å². The molecular weight excluding hydrogens is 364 g/mol. The average molecular weight is 401 g/mol. The van der Waals surface area contributed by atoms with Crippen LogP contribution in [0.25, 0.3) is 0 Å². The number of β-amino-alcohol motifs (C(OH)–C–C–N with tert-alkyl or cyclic N) is 1. The number of benzene rings is 1. The molecule has 2 fully saturated rings. The van der Waals surface area contributed by atoms with Crippen molar-refractivity contribution in [2.45, 2.75) is 52.2 Å². The highest BCUT2D eigenvalue weighted by Gasteiger charge is 2.33. The Morgan fingerprint density at radius 1 is 1.10 bits per heavy atom. The van der Waals surface area contributed by atoms with Gasteiger partial charge >= 0.3 is 0 Å². The van der Waals surface area contributed by atoms with Gasteiger partial charge in [-0.3, -0.25) is 9.80 Å². The maximum Gasteiger partial charge on any atom is 0.124 e. The van der Waals surface area contributed by atoms with Gasteiger partial charge in [-0.25, -0.2) is 0 Å². The quantitative estimate of drug-likeness (QED) is 0.713. The van der Waals surface area contributed by atoms with E-state index in [1.54, 1.807) is 7.11 Å². The smallest absolute Gasteiger partial charge is 0.124 e. The molecule has 1 unspecified atom stereocenters. The highest BCUT2D eigenvalue weighted by Crippen LogP contribution is 2.24. The van der Waals surface area contributed by atoms with Crippen LogP contribution < -0.4 is 9.47 Å². The van der Waals surface area contributed by atoms with Crippen molar-refractivity contribution < 1.29 is 14.6 Å². The van der Waals surface area contributed by atoms with Crippen molar-refractivity contribution in [3.8, 4) is 23.3 Å². The van der Waals surface area contributed by atoms with E-state index in [2.05, 4.69) is 42.4 Å². The lowest BCUT2D eigenvalue weighted by Crippen LogP contribution is -2.61. The van der Waals surface area contributed by atoms with Crippen LogP contribution in [0, 0.1) is 17.3 Å². The van der Waals surface area contributed by atoms with Gasteiger partial charge in [0.25, 0.3) is 0 Å². The van der Waals surface area contributed by atoms with Gasteiger partial charge in [-0.15, -0.1) is 0 Å². The normalized spacial score (nSPS) is 19.8. The molecular formula is C24H36N2O3. The molecule has 5 heteroatoms. The van der Waals surface area contributed by atoms with E-state index >= 15 is 0 Å². The highest BCUT2D eigenvalue weighted by atomic mass is 16.5. The second kappa shape index (κ2) is 9.84. The number of nitrogens with zero attached hydrogens (tertiary/aromatic N) is 2. The molecule has 2 saturated heterocycles. The number of hydrogen-bond acceptors (Lipinski definition) is 5. The summed E-state index contributed by atoms with van der Waals surface area (Å²) in [6.45, 7) is 11.8. The Labute approximate surface area is 176 Å². The lowest BCUT2D eigenvalue weighted by Gasteiger charge is -2.47. The van der Waals surface area contributed by atoms with Gasteiger partial charge in [-0.2, -0.15) is 0 Å². The van der Waals surface area contributed by atoms with Crippen LogP contribution >= 0.6 is 0 Å². The molecule has 1 aromatic carbocycles. The van der Waals surface area contributed by atoms with Crippen LogP contribution in [0.4, 0.5) is 0 Å². The summed E-state index contributed by atoms with van der Waals surface area (Å²) >= 11 is 0. The Kier molecular flexibility index (Phi) is 7.45. The Bertz CT molecular complexity index is 720. The van der Waals surface area contributed by atoms with E-state index in [0.717, 1.165) is 18.7 Å². The summed E-state index contributed by atoms with van der Waals surface area (Å²) in [6.07, 6.45) is 3.52. The third-order valence-electron chi connectivity index (χ3n) is 5.45. The molecule has 5 nitrogen and oxygen atoms in total. The van der Waals surface area contributed by atoms with E-state index in [1.165, 1.54) is 32.4 Å². The first-order chi connectivity index (χ1) is 13.8. The molecule has 0 amide bonds. The molecule has 1 N–H and O–H groups in total. The molecule has 0 aliphatic carbocycles. The molecule has 1 atom stereocenters. The lowest BCUT2D eigenvalue weighted by molar-refractivity contribution is -0.0126. The molecule has 0 spiro atoms. The van der Waals surface area contributed by atoms with Gasteiger partial charge in [0.15, 0.2) is 0 Å². The molecule has 0 radical (unpaired) electrons. The molecule has 0 aromatic heterocycles. The zero-order valence-electron chi connectivity index (χ0n) is 18.4. The summed E-state index contributed by atoms with van der Waals surface area (Å²) < 4.78 is 11.2. The maximum atomic E-state index is 10.4. The van der Waals surface area contributed by atoms with Gasteiger partial charge in [0.2, 0.25) is 0 Å². The van der Waals surface area contributed by atoms with Crippen molar-refractivity contribution >= 4 is 0 Å². The van der Waals surface area contributed by atoms with Crippen molar-refractivity contribution in [3.05, 3.63) is 23.8 Å². The van der Waals surface area contributed by atoms with Crippen LogP contribution in [-0.4, -0.2) is 73.5 Å². The largest absolute Gasteiger partial charge is 0.497 e. The fourth-order valence-corrected chi connectivity index (χ4v) is 3.85. The number of rotatable bonds is 7. The van der Waals surface area contributed by atoms with Gasteiger partial charge in [0, 0.05) is 42.7 Å². The number of likely N-dealkylation sites (tertiary alicyclic amines) is 2. The summed E-state index contributed by atoms with van der Waals surface area (Å²) in [5.74, 6) is 7.81. The standard InChI is InChI=1S/C24H36N2O3/c1-24(2,3)9-8-19-12-22(28-4)14-23(13-19)29-18-21(27)17-25-15-20(16-25)26-10-6-5-7-11-26/h12-14,20-21,27H,5-7,10-11,15-18H2,1-4H3. The lowest BCUT2D eigenvalue weighted by atomic mass is 9.97. The summed E-state index contributed by atoms with van der Waals surface area (Å²) in [7, 11) is 1.64. The van der Waals surface area contributed by atoms with Crippen LogP contribution in [0.3, 0.4) is 0 Å². The van der Waals surface area contributed by atoms with E-state index in [-0.39, 0.29) is 12.0 Å². The molecule has 29 heavy (non-hydrogen) atoms. The Balaban J connectivity index is 1.47. The van der Waals surface area contributed by atoms with Crippen molar-refractivity contribution in [3.63, 3.8) is 0 Å². The molecule has 2 heterocycles. The average Bonchev–Trinajstić information content (AvgIpc) is 2.67. The fraction of sp³-hybridized carbons (Fsp3) is 0.667. The molecule has 2 aliphatic rings. The van der Waals surface area contributed by atoms with Crippen LogP contribution in [0.2, 0.25) is 0 Å². The fourth-order valence-electron chi connectivity index (χ4n) is 3.85. The number of aliphatic hydroxyl groups is 1. The minimum absolute atomic E-state index is 0.0659. The van der Waals surface area contributed by atoms with Crippen molar-refractivity contribution in [2.75, 3.05) is 46.4 Å². The first-order valence-corrected chi connectivity index (χ1v) is 10.8. The van der Waals surface area contributed by atoms with E-state index in [9.17, 15) is 5.11 Å².